The number of anilines is 1. The Kier molecular flexibility index (Phi) is 4.20. The Morgan fingerprint density at radius 2 is 1.80 bits per heavy atom. The van der Waals surface area contributed by atoms with Gasteiger partial charge in [0.1, 0.15) is 5.56 Å². The molecule has 4 aromatic rings. The summed E-state index contributed by atoms with van der Waals surface area (Å²) in [6, 6.07) is 11.7. The number of aromatic nitrogens is 5. The highest BCUT2D eigenvalue weighted by Crippen LogP contribution is 2.48. The molecule has 3 heterocycles. The van der Waals surface area contributed by atoms with Crippen molar-refractivity contribution in [3.63, 3.8) is 0 Å². The molecular formula is C22H20N6O2. The summed E-state index contributed by atoms with van der Waals surface area (Å²) in [6.45, 7) is 0. The Labute approximate surface area is 172 Å². The van der Waals surface area contributed by atoms with E-state index in [0.717, 1.165) is 36.0 Å². The molecule has 0 radical (unpaired) electrons. The Bertz CT molecular complexity index is 1250. The van der Waals surface area contributed by atoms with E-state index in [1.54, 1.807) is 37.8 Å². The number of benzene rings is 1. The van der Waals surface area contributed by atoms with E-state index < -0.39 is 0 Å². The van der Waals surface area contributed by atoms with Gasteiger partial charge in [0, 0.05) is 31.2 Å². The predicted molar refractivity (Wildman–Crippen MR) is 111 cm³/mol. The molecule has 1 aliphatic rings. The Morgan fingerprint density at radius 1 is 1.07 bits per heavy atom. The third-order valence-corrected chi connectivity index (χ3v) is 5.86. The molecule has 1 aliphatic carbocycles. The fourth-order valence-corrected chi connectivity index (χ4v) is 3.93. The van der Waals surface area contributed by atoms with E-state index in [4.69, 9.17) is 10.3 Å². The van der Waals surface area contributed by atoms with Crippen LogP contribution in [0.25, 0.3) is 22.6 Å². The quantitative estimate of drug-likeness (QED) is 0.560. The summed E-state index contributed by atoms with van der Waals surface area (Å²) in [4.78, 5) is 25.1. The Hall–Kier alpha value is -3.81. The van der Waals surface area contributed by atoms with Crippen LogP contribution in [0.15, 0.2) is 64.3 Å². The molecule has 0 saturated heterocycles. The first kappa shape index (κ1) is 18.2. The molecule has 2 N–H and O–H groups in total. The monoisotopic (exact) mass is 400 g/mol. The first-order chi connectivity index (χ1) is 14.6. The molecular weight excluding hydrogens is 380 g/mol. The van der Waals surface area contributed by atoms with Gasteiger partial charge in [-0.25, -0.2) is 9.97 Å². The molecule has 0 bridgehead atoms. The van der Waals surface area contributed by atoms with Crippen molar-refractivity contribution in [2.24, 2.45) is 7.05 Å². The van der Waals surface area contributed by atoms with Crippen molar-refractivity contribution in [2.75, 3.05) is 5.73 Å². The normalized spacial score (nSPS) is 15.0. The van der Waals surface area contributed by atoms with Gasteiger partial charge in [-0.3, -0.25) is 4.79 Å². The zero-order chi connectivity index (χ0) is 20.7. The van der Waals surface area contributed by atoms with Crippen molar-refractivity contribution in [2.45, 2.75) is 24.7 Å². The maximum Gasteiger partial charge on any atom is 0.263 e. The molecule has 5 rings (SSSR count). The molecule has 1 fully saturated rings. The molecule has 150 valence electrons. The van der Waals surface area contributed by atoms with E-state index in [0.29, 0.717) is 11.4 Å². The van der Waals surface area contributed by atoms with Crippen molar-refractivity contribution >= 4 is 5.95 Å². The summed E-state index contributed by atoms with van der Waals surface area (Å²) in [6.07, 6.45) is 8.07. The van der Waals surface area contributed by atoms with E-state index in [-0.39, 0.29) is 22.8 Å². The van der Waals surface area contributed by atoms with Crippen molar-refractivity contribution in [1.29, 1.82) is 0 Å². The van der Waals surface area contributed by atoms with Crippen LogP contribution in [-0.2, 0) is 12.5 Å². The minimum absolute atomic E-state index is 0.162. The molecule has 0 aliphatic heterocycles. The first-order valence-corrected chi connectivity index (χ1v) is 9.75. The predicted octanol–water partition coefficient (Wildman–Crippen LogP) is 2.94. The highest BCUT2D eigenvalue weighted by molar-refractivity contribution is 5.63. The number of rotatable bonds is 4. The molecule has 3 aromatic heterocycles. The number of pyridine rings is 1. The lowest BCUT2D eigenvalue weighted by Crippen LogP contribution is -2.36. The second-order valence-corrected chi connectivity index (χ2v) is 7.60. The number of nitrogens with zero attached hydrogens (tertiary/aromatic N) is 5. The number of hydrogen-bond donors (Lipinski definition) is 1. The Morgan fingerprint density at radius 3 is 2.47 bits per heavy atom. The SMILES string of the molecule is Cn1cccc(-c2nc(C3(c4ccc(-c5cnc(N)nc5)cc4)CCC3)no2)c1=O. The summed E-state index contributed by atoms with van der Waals surface area (Å²) in [5, 5.41) is 4.26. The van der Waals surface area contributed by atoms with E-state index in [2.05, 4.69) is 32.2 Å². The van der Waals surface area contributed by atoms with E-state index >= 15 is 0 Å². The van der Waals surface area contributed by atoms with Gasteiger partial charge >= 0.3 is 0 Å². The highest BCUT2D eigenvalue weighted by Gasteiger charge is 2.44. The van der Waals surface area contributed by atoms with Crippen LogP contribution in [0, 0.1) is 0 Å². The largest absolute Gasteiger partial charge is 0.368 e. The van der Waals surface area contributed by atoms with Crippen LogP contribution in [-0.4, -0.2) is 24.7 Å². The van der Waals surface area contributed by atoms with Gasteiger partial charge in [0.25, 0.3) is 11.4 Å². The number of nitrogens with two attached hydrogens (primary N) is 1. The van der Waals surface area contributed by atoms with Crippen LogP contribution >= 0.6 is 0 Å². The van der Waals surface area contributed by atoms with Gasteiger partial charge in [-0.2, -0.15) is 4.98 Å². The smallest absolute Gasteiger partial charge is 0.263 e. The minimum Gasteiger partial charge on any atom is -0.368 e. The van der Waals surface area contributed by atoms with Crippen LogP contribution in [0.3, 0.4) is 0 Å². The van der Waals surface area contributed by atoms with Crippen molar-refractivity contribution < 1.29 is 4.52 Å². The van der Waals surface area contributed by atoms with Crippen LogP contribution in [0.2, 0.25) is 0 Å². The second kappa shape index (κ2) is 6.91. The zero-order valence-corrected chi connectivity index (χ0v) is 16.4. The highest BCUT2D eigenvalue weighted by atomic mass is 16.5. The molecule has 1 aromatic carbocycles. The molecule has 8 nitrogen and oxygen atoms in total. The lowest BCUT2D eigenvalue weighted by atomic mass is 9.64. The fourth-order valence-electron chi connectivity index (χ4n) is 3.93. The maximum absolute atomic E-state index is 12.4. The molecule has 8 heteroatoms. The summed E-state index contributed by atoms with van der Waals surface area (Å²) < 4.78 is 6.99. The summed E-state index contributed by atoms with van der Waals surface area (Å²) in [5.41, 5.74) is 8.56. The number of aryl methyl sites for hydroxylation is 1. The molecule has 30 heavy (non-hydrogen) atoms. The van der Waals surface area contributed by atoms with Gasteiger partial charge in [0.2, 0.25) is 5.95 Å². The number of hydrogen-bond acceptors (Lipinski definition) is 7. The lowest BCUT2D eigenvalue weighted by Gasteiger charge is -2.39. The summed E-state index contributed by atoms with van der Waals surface area (Å²) >= 11 is 0. The standard InChI is InChI=1S/C22H20N6O2/c1-28-11-2-4-17(19(28)29)18-26-20(27-30-18)22(9-3-10-22)16-7-5-14(6-8-16)15-12-24-21(23)25-13-15/h2,4-8,11-13H,3,9-10H2,1H3,(H2,23,24,25). The van der Waals surface area contributed by atoms with E-state index in [9.17, 15) is 4.79 Å². The van der Waals surface area contributed by atoms with Crippen LogP contribution in [0.1, 0.15) is 30.7 Å². The average molecular weight is 400 g/mol. The van der Waals surface area contributed by atoms with Crippen LogP contribution in [0.4, 0.5) is 5.95 Å². The van der Waals surface area contributed by atoms with E-state index in [1.165, 1.54) is 4.57 Å². The second-order valence-electron chi connectivity index (χ2n) is 7.60. The van der Waals surface area contributed by atoms with Crippen molar-refractivity contribution in [1.82, 2.24) is 24.7 Å². The fraction of sp³-hybridized carbons (Fsp3) is 0.227. The van der Waals surface area contributed by atoms with Gasteiger partial charge in [0.05, 0.1) is 5.41 Å². The molecule has 0 spiro atoms. The summed E-state index contributed by atoms with van der Waals surface area (Å²) in [5.74, 6) is 1.14. The van der Waals surface area contributed by atoms with Gasteiger partial charge < -0.3 is 14.8 Å². The molecule has 0 atom stereocenters. The van der Waals surface area contributed by atoms with Gasteiger partial charge in [-0.1, -0.05) is 35.8 Å². The first-order valence-electron chi connectivity index (χ1n) is 9.75. The maximum atomic E-state index is 12.4. The van der Waals surface area contributed by atoms with Gasteiger partial charge in [0.15, 0.2) is 5.82 Å². The van der Waals surface area contributed by atoms with Crippen molar-refractivity contribution in [3.05, 3.63) is 76.7 Å². The van der Waals surface area contributed by atoms with Gasteiger partial charge in [-0.15, -0.1) is 0 Å². The number of nitrogen functional groups attached to an aromatic ring is 1. The minimum atomic E-state index is -0.294. The van der Waals surface area contributed by atoms with Crippen LogP contribution in [0.5, 0.6) is 0 Å². The summed E-state index contributed by atoms with van der Waals surface area (Å²) in [7, 11) is 1.70. The third kappa shape index (κ3) is 2.88. The zero-order valence-electron chi connectivity index (χ0n) is 16.4. The van der Waals surface area contributed by atoms with Gasteiger partial charge in [-0.05, 0) is 36.1 Å². The average Bonchev–Trinajstić information content (AvgIpc) is 3.20. The third-order valence-electron chi connectivity index (χ3n) is 5.86. The molecule has 1 saturated carbocycles. The molecule has 0 amide bonds. The van der Waals surface area contributed by atoms with Crippen LogP contribution < -0.4 is 11.3 Å². The van der Waals surface area contributed by atoms with Crippen molar-refractivity contribution in [3.8, 4) is 22.6 Å². The lowest BCUT2D eigenvalue weighted by molar-refractivity contribution is 0.273. The van der Waals surface area contributed by atoms with E-state index in [1.807, 2.05) is 12.1 Å². The Balaban J connectivity index is 1.49. The topological polar surface area (TPSA) is 113 Å². The molecule has 0 unspecified atom stereocenters.